The lowest BCUT2D eigenvalue weighted by molar-refractivity contribution is 0.103. The summed E-state index contributed by atoms with van der Waals surface area (Å²) in [7, 11) is -4.00. The van der Waals surface area contributed by atoms with Crippen LogP contribution in [-0.4, -0.2) is 14.2 Å². The summed E-state index contributed by atoms with van der Waals surface area (Å²) >= 11 is 0. The molecule has 0 saturated carbocycles. The van der Waals surface area contributed by atoms with Crippen LogP contribution in [0.5, 0.6) is 0 Å². The van der Waals surface area contributed by atoms with Crippen LogP contribution in [0, 0.1) is 13.8 Å². The lowest BCUT2D eigenvalue weighted by atomic mass is 9.99. The fourth-order valence-electron chi connectivity index (χ4n) is 2.01. The topological polar surface area (TPSA) is 103 Å². The van der Waals surface area contributed by atoms with Crippen LogP contribution < -0.4 is 10.9 Å². The van der Waals surface area contributed by atoms with Crippen molar-refractivity contribution in [1.29, 1.82) is 0 Å². The van der Waals surface area contributed by atoms with E-state index in [1.807, 2.05) is 19.9 Å². The van der Waals surface area contributed by atoms with Gasteiger partial charge in [0, 0.05) is 16.8 Å². The third-order valence-corrected chi connectivity index (χ3v) is 4.29. The molecule has 0 bridgehead atoms. The predicted molar refractivity (Wildman–Crippen MR) is 81.6 cm³/mol. The van der Waals surface area contributed by atoms with E-state index in [1.54, 1.807) is 12.1 Å². The largest absolute Gasteiger partial charge is 0.399 e. The number of hydrogen-bond acceptors (Lipinski definition) is 4. The normalized spacial score (nSPS) is 11.4. The Morgan fingerprint density at radius 1 is 1.00 bits per heavy atom. The highest BCUT2D eigenvalue weighted by atomic mass is 32.2. The lowest BCUT2D eigenvalue weighted by Crippen LogP contribution is -2.17. The van der Waals surface area contributed by atoms with Gasteiger partial charge in [0.2, 0.25) is 10.0 Å². The molecule has 0 aromatic heterocycles. The van der Waals surface area contributed by atoms with Crippen LogP contribution in [0.2, 0.25) is 0 Å². The molecule has 0 spiro atoms. The molecule has 0 aliphatic carbocycles. The quantitative estimate of drug-likeness (QED) is 0.666. The first-order valence-corrected chi connectivity index (χ1v) is 7.79. The molecule has 2 aromatic carbocycles. The van der Waals surface area contributed by atoms with Crippen molar-refractivity contribution in [3.8, 4) is 0 Å². The number of carbonyl (C=O) groups excluding carboxylic acids is 1. The van der Waals surface area contributed by atoms with Crippen LogP contribution in [0.3, 0.4) is 0 Å². The van der Waals surface area contributed by atoms with E-state index < -0.39 is 15.8 Å². The smallest absolute Gasteiger partial charge is 0.238 e. The molecule has 0 fully saturated rings. The zero-order valence-electron chi connectivity index (χ0n) is 11.8. The number of ketones is 1. The molecule has 2 rings (SSSR count). The monoisotopic (exact) mass is 304 g/mol. The fourth-order valence-corrected chi connectivity index (χ4v) is 2.73. The molecule has 0 heterocycles. The molecule has 21 heavy (non-hydrogen) atoms. The van der Waals surface area contributed by atoms with Gasteiger partial charge in [-0.15, -0.1) is 0 Å². The highest BCUT2D eigenvalue weighted by molar-refractivity contribution is 7.89. The van der Waals surface area contributed by atoms with Crippen LogP contribution in [-0.2, 0) is 10.0 Å². The van der Waals surface area contributed by atoms with E-state index in [2.05, 4.69) is 0 Å². The van der Waals surface area contributed by atoms with Gasteiger partial charge >= 0.3 is 0 Å². The summed E-state index contributed by atoms with van der Waals surface area (Å²) in [6, 6.07) is 9.16. The first kappa shape index (κ1) is 15.2. The minimum absolute atomic E-state index is 0.0132. The minimum atomic E-state index is -4.00. The Hall–Kier alpha value is -2.18. The van der Waals surface area contributed by atoms with Gasteiger partial charge in [-0.2, -0.15) is 0 Å². The van der Waals surface area contributed by atoms with E-state index in [4.69, 9.17) is 10.9 Å². The maximum absolute atomic E-state index is 12.6. The first-order chi connectivity index (χ1) is 9.70. The number of anilines is 1. The Kier molecular flexibility index (Phi) is 3.85. The van der Waals surface area contributed by atoms with Gasteiger partial charge in [-0.05, 0) is 49.2 Å². The van der Waals surface area contributed by atoms with Gasteiger partial charge in [0.1, 0.15) is 0 Å². The summed E-state index contributed by atoms with van der Waals surface area (Å²) in [6.07, 6.45) is 0. The number of carbonyl (C=O) groups is 1. The van der Waals surface area contributed by atoms with Crippen molar-refractivity contribution in [2.24, 2.45) is 5.14 Å². The Bertz CT molecular complexity index is 827. The van der Waals surface area contributed by atoms with Crippen molar-refractivity contribution >= 4 is 21.5 Å². The van der Waals surface area contributed by atoms with Crippen molar-refractivity contribution in [3.05, 3.63) is 58.7 Å². The van der Waals surface area contributed by atoms with Gasteiger partial charge in [0.25, 0.3) is 0 Å². The predicted octanol–water partition coefficient (Wildman–Crippen LogP) is 1.76. The van der Waals surface area contributed by atoms with Crippen LogP contribution in [0.25, 0.3) is 0 Å². The number of nitrogens with two attached hydrogens (primary N) is 2. The number of rotatable bonds is 3. The molecular formula is C15H16N2O3S. The van der Waals surface area contributed by atoms with Crippen molar-refractivity contribution in [2.75, 3.05) is 5.73 Å². The SMILES string of the molecule is Cc1ccc(C(=O)c2cc(N)ccc2S(N)(=O)=O)cc1C. The molecule has 110 valence electrons. The molecule has 2 aromatic rings. The zero-order valence-corrected chi connectivity index (χ0v) is 12.6. The summed E-state index contributed by atoms with van der Waals surface area (Å²) < 4.78 is 23.2. The second-order valence-electron chi connectivity index (χ2n) is 4.93. The molecule has 5 nitrogen and oxygen atoms in total. The van der Waals surface area contributed by atoms with Crippen molar-refractivity contribution in [1.82, 2.24) is 0 Å². The maximum Gasteiger partial charge on any atom is 0.238 e. The average Bonchev–Trinajstić information content (AvgIpc) is 2.39. The molecule has 0 atom stereocenters. The molecular weight excluding hydrogens is 288 g/mol. The van der Waals surface area contributed by atoms with Crippen LogP contribution in [0.4, 0.5) is 5.69 Å². The number of nitrogen functional groups attached to an aromatic ring is 1. The third-order valence-electron chi connectivity index (χ3n) is 3.32. The second kappa shape index (κ2) is 5.31. The highest BCUT2D eigenvalue weighted by Crippen LogP contribution is 2.22. The van der Waals surface area contributed by atoms with Gasteiger partial charge in [0.05, 0.1) is 4.90 Å². The van der Waals surface area contributed by atoms with Crippen LogP contribution in [0.1, 0.15) is 27.0 Å². The van der Waals surface area contributed by atoms with E-state index in [-0.39, 0.29) is 10.5 Å². The summed E-state index contributed by atoms with van der Waals surface area (Å²) in [6.45, 7) is 3.81. The molecule has 6 heteroatoms. The molecule has 0 aliphatic rings. The average molecular weight is 304 g/mol. The van der Waals surface area contributed by atoms with E-state index in [1.165, 1.54) is 18.2 Å². The Morgan fingerprint density at radius 3 is 2.24 bits per heavy atom. The second-order valence-corrected chi connectivity index (χ2v) is 6.46. The molecule has 4 N–H and O–H groups in total. The summed E-state index contributed by atoms with van der Waals surface area (Å²) in [4.78, 5) is 12.3. The van der Waals surface area contributed by atoms with E-state index in [0.717, 1.165) is 11.1 Å². The third kappa shape index (κ3) is 3.12. The van der Waals surface area contributed by atoms with E-state index in [9.17, 15) is 13.2 Å². The first-order valence-electron chi connectivity index (χ1n) is 6.24. The number of aryl methyl sites for hydroxylation is 2. The molecule has 0 radical (unpaired) electrons. The number of sulfonamides is 1. The minimum Gasteiger partial charge on any atom is -0.399 e. The Balaban J connectivity index is 2.62. The van der Waals surface area contributed by atoms with E-state index >= 15 is 0 Å². The Morgan fingerprint density at radius 2 is 1.67 bits per heavy atom. The highest BCUT2D eigenvalue weighted by Gasteiger charge is 2.21. The van der Waals surface area contributed by atoms with Crippen LogP contribution >= 0.6 is 0 Å². The summed E-state index contributed by atoms with van der Waals surface area (Å²) in [5.74, 6) is -0.422. The molecule has 0 unspecified atom stereocenters. The number of primary sulfonamides is 1. The number of hydrogen-bond donors (Lipinski definition) is 2. The molecule has 0 saturated heterocycles. The van der Waals surface area contributed by atoms with Gasteiger partial charge in [-0.3, -0.25) is 4.79 Å². The van der Waals surface area contributed by atoms with Gasteiger partial charge in [0.15, 0.2) is 5.78 Å². The lowest BCUT2D eigenvalue weighted by Gasteiger charge is -2.09. The van der Waals surface area contributed by atoms with Crippen LogP contribution in [0.15, 0.2) is 41.3 Å². The summed E-state index contributed by atoms with van der Waals surface area (Å²) in [5.41, 5.74) is 8.33. The van der Waals surface area contributed by atoms with Crippen molar-refractivity contribution in [2.45, 2.75) is 18.7 Å². The number of benzene rings is 2. The standard InChI is InChI=1S/C15H16N2O3S/c1-9-3-4-11(7-10(9)2)15(18)13-8-12(16)5-6-14(13)21(17,19)20/h3-8H,16H2,1-2H3,(H2,17,19,20). The van der Waals surface area contributed by atoms with Gasteiger partial charge in [-0.25, -0.2) is 13.6 Å². The fraction of sp³-hybridized carbons (Fsp3) is 0.133. The molecule has 0 aliphatic heterocycles. The van der Waals surface area contributed by atoms with Crippen molar-refractivity contribution < 1.29 is 13.2 Å². The van der Waals surface area contributed by atoms with Crippen molar-refractivity contribution in [3.63, 3.8) is 0 Å². The zero-order chi connectivity index (χ0) is 15.8. The maximum atomic E-state index is 12.6. The molecule has 0 amide bonds. The van der Waals surface area contributed by atoms with Gasteiger partial charge in [-0.1, -0.05) is 12.1 Å². The van der Waals surface area contributed by atoms with E-state index in [0.29, 0.717) is 11.3 Å². The summed E-state index contributed by atoms with van der Waals surface area (Å²) in [5, 5.41) is 5.16. The Labute approximate surface area is 123 Å². The van der Waals surface area contributed by atoms with Gasteiger partial charge < -0.3 is 5.73 Å².